The monoisotopic (exact) mass is 296 g/mol. The Morgan fingerprint density at radius 2 is 2.25 bits per heavy atom. The molecule has 1 heterocycles. The van der Waals surface area contributed by atoms with E-state index < -0.39 is 0 Å². The molecule has 1 aromatic rings. The number of hydrogen-bond donors (Lipinski definition) is 1. The molecule has 0 aliphatic heterocycles. The molecule has 1 aliphatic rings. The van der Waals surface area contributed by atoms with Gasteiger partial charge in [-0.2, -0.15) is 11.3 Å². The van der Waals surface area contributed by atoms with Gasteiger partial charge in [0.2, 0.25) is 0 Å². The number of nitrogens with one attached hydrogen (secondary N) is 1. The van der Waals surface area contributed by atoms with Crippen molar-refractivity contribution in [3.05, 3.63) is 22.4 Å². The number of thiophene rings is 1. The van der Waals surface area contributed by atoms with Crippen molar-refractivity contribution in [2.45, 2.75) is 45.2 Å². The molecule has 0 aromatic carbocycles. The molecule has 0 spiro atoms. The maximum atomic E-state index is 5.34. The van der Waals surface area contributed by atoms with Crippen LogP contribution in [0.1, 0.15) is 38.2 Å². The lowest BCUT2D eigenvalue weighted by molar-refractivity contribution is 0.143. The van der Waals surface area contributed by atoms with E-state index in [9.17, 15) is 0 Å². The van der Waals surface area contributed by atoms with Crippen molar-refractivity contribution in [1.82, 2.24) is 10.2 Å². The predicted molar refractivity (Wildman–Crippen MR) is 86.3 cm³/mol. The zero-order chi connectivity index (χ0) is 14.0. The SMILES string of the molecule is CCOCCCCNCCN(Cc1ccsc1)C1CC1. The van der Waals surface area contributed by atoms with Gasteiger partial charge < -0.3 is 10.1 Å². The second-order valence-electron chi connectivity index (χ2n) is 5.49. The highest BCUT2D eigenvalue weighted by molar-refractivity contribution is 7.07. The highest BCUT2D eigenvalue weighted by Crippen LogP contribution is 2.28. The van der Waals surface area contributed by atoms with Crippen LogP contribution in [0.2, 0.25) is 0 Å². The van der Waals surface area contributed by atoms with Gasteiger partial charge in [0.25, 0.3) is 0 Å². The van der Waals surface area contributed by atoms with Gasteiger partial charge in [-0.3, -0.25) is 4.90 Å². The Hall–Kier alpha value is -0.420. The first kappa shape index (κ1) is 16.0. The van der Waals surface area contributed by atoms with Crippen molar-refractivity contribution in [2.24, 2.45) is 0 Å². The van der Waals surface area contributed by atoms with E-state index in [2.05, 4.69) is 34.0 Å². The van der Waals surface area contributed by atoms with Gasteiger partial charge in [-0.1, -0.05) is 0 Å². The Morgan fingerprint density at radius 1 is 1.35 bits per heavy atom. The number of rotatable bonds is 12. The molecule has 1 N–H and O–H groups in total. The highest BCUT2D eigenvalue weighted by atomic mass is 32.1. The van der Waals surface area contributed by atoms with Gasteiger partial charge in [-0.25, -0.2) is 0 Å². The average Bonchev–Trinajstić information content (AvgIpc) is 3.18. The molecule has 0 bridgehead atoms. The molecular formula is C16H28N2OS. The van der Waals surface area contributed by atoms with E-state index in [1.165, 1.54) is 37.8 Å². The molecule has 0 saturated heterocycles. The fourth-order valence-electron chi connectivity index (χ4n) is 2.39. The largest absolute Gasteiger partial charge is 0.382 e. The van der Waals surface area contributed by atoms with Crippen molar-refractivity contribution in [3.8, 4) is 0 Å². The lowest BCUT2D eigenvalue weighted by Crippen LogP contribution is -2.33. The first-order valence-corrected chi connectivity index (χ1v) is 8.88. The predicted octanol–water partition coefficient (Wildman–Crippen LogP) is 3.12. The van der Waals surface area contributed by atoms with Gasteiger partial charge in [0.1, 0.15) is 0 Å². The Labute approximate surface area is 127 Å². The lowest BCUT2D eigenvalue weighted by Gasteiger charge is -2.21. The molecule has 0 unspecified atom stereocenters. The van der Waals surface area contributed by atoms with Gasteiger partial charge in [-0.05, 0) is 61.5 Å². The number of unbranched alkanes of at least 4 members (excludes halogenated alkanes) is 1. The van der Waals surface area contributed by atoms with Crippen molar-refractivity contribution in [1.29, 1.82) is 0 Å². The van der Waals surface area contributed by atoms with Crippen LogP contribution in [0.4, 0.5) is 0 Å². The third kappa shape index (κ3) is 6.35. The van der Waals surface area contributed by atoms with Gasteiger partial charge in [-0.15, -0.1) is 0 Å². The fourth-order valence-corrected chi connectivity index (χ4v) is 3.05. The van der Waals surface area contributed by atoms with E-state index >= 15 is 0 Å². The molecule has 1 aromatic heterocycles. The van der Waals surface area contributed by atoms with E-state index in [0.717, 1.165) is 38.9 Å². The van der Waals surface area contributed by atoms with E-state index in [0.29, 0.717) is 0 Å². The van der Waals surface area contributed by atoms with Crippen LogP contribution in [0.5, 0.6) is 0 Å². The quantitative estimate of drug-likeness (QED) is 0.600. The molecule has 2 rings (SSSR count). The maximum absolute atomic E-state index is 5.34. The summed E-state index contributed by atoms with van der Waals surface area (Å²) in [6, 6.07) is 3.09. The molecule has 4 heteroatoms. The summed E-state index contributed by atoms with van der Waals surface area (Å²) in [5.41, 5.74) is 1.47. The van der Waals surface area contributed by atoms with Crippen molar-refractivity contribution >= 4 is 11.3 Å². The molecule has 1 saturated carbocycles. The standard InChI is InChI=1S/C16H28N2OS/c1-2-19-11-4-3-8-17-9-10-18(16-5-6-16)13-15-7-12-20-14-15/h7,12,14,16-17H,2-6,8-11,13H2,1H3. The first-order chi connectivity index (χ1) is 9.90. The summed E-state index contributed by atoms with van der Waals surface area (Å²) in [6.07, 6.45) is 5.16. The van der Waals surface area contributed by atoms with Crippen LogP contribution in [0, 0.1) is 0 Å². The average molecular weight is 296 g/mol. The Balaban J connectivity index is 1.52. The molecule has 0 amide bonds. The lowest BCUT2D eigenvalue weighted by atomic mass is 10.3. The molecule has 1 fully saturated rings. The van der Waals surface area contributed by atoms with Gasteiger partial charge in [0, 0.05) is 38.9 Å². The molecule has 20 heavy (non-hydrogen) atoms. The fraction of sp³-hybridized carbons (Fsp3) is 0.750. The minimum absolute atomic E-state index is 0.840. The smallest absolute Gasteiger partial charge is 0.0466 e. The Kier molecular flexibility index (Phi) is 7.58. The summed E-state index contributed by atoms with van der Waals surface area (Å²) >= 11 is 1.80. The third-order valence-corrected chi connectivity index (χ3v) is 4.43. The minimum Gasteiger partial charge on any atom is -0.382 e. The third-order valence-electron chi connectivity index (χ3n) is 3.70. The molecular weight excluding hydrogens is 268 g/mol. The first-order valence-electron chi connectivity index (χ1n) is 7.93. The summed E-state index contributed by atoms with van der Waals surface area (Å²) in [7, 11) is 0. The molecule has 0 radical (unpaired) electrons. The number of nitrogens with zero attached hydrogens (tertiary/aromatic N) is 1. The second-order valence-corrected chi connectivity index (χ2v) is 6.27. The topological polar surface area (TPSA) is 24.5 Å². The molecule has 1 aliphatic carbocycles. The van der Waals surface area contributed by atoms with Crippen molar-refractivity contribution in [3.63, 3.8) is 0 Å². The van der Waals surface area contributed by atoms with E-state index in [-0.39, 0.29) is 0 Å². The summed E-state index contributed by atoms with van der Waals surface area (Å²) in [5.74, 6) is 0. The summed E-state index contributed by atoms with van der Waals surface area (Å²) < 4.78 is 5.34. The zero-order valence-electron chi connectivity index (χ0n) is 12.6. The molecule has 3 nitrogen and oxygen atoms in total. The maximum Gasteiger partial charge on any atom is 0.0466 e. The number of hydrogen-bond acceptors (Lipinski definition) is 4. The van der Waals surface area contributed by atoms with Crippen LogP contribution in [-0.2, 0) is 11.3 Å². The van der Waals surface area contributed by atoms with Crippen LogP contribution in [0.15, 0.2) is 16.8 Å². The zero-order valence-corrected chi connectivity index (χ0v) is 13.5. The van der Waals surface area contributed by atoms with Crippen LogP contribution >= 0.6 is 11.3 Å². The van der Waals surface area contributed by atoms with Gasteiger partial charge >= 0.3 is 0 Å². The van der Waals surface area contributed by atoms with E-state index in [1.54, 1.807) is 11.3 Å². The van der Waals surface area contributed by atoms with Crippen LogP contribution in [0.25, 0.3) is 0 Å². The Morgan fingerprint density at radius 3 is 2.95 bits per heavy atom. The second kappa shape index (κ2) is 9.50. The van der Waals surface area contributed by atoms with Crippen LogP contribution in [0.3, 0.4) is 0 Å². The van der Waals surface area contributed by atoms with Crippen molar-refractivity contribution in [2.75, 3.05) is 32.8 Å². The minimum atomic E-state index is 0.840. The summed E-state index contributed by atoms with van der Waals surface area (Å²) in [4.78, 5) is 2.63. The summed E-state index contributed by atoms with van der Waals surface area (Å²) in [5, 5.41) is 8.01. The van der Waals surface area contributed by atoms with Gasteiger partial charge in [0.05, 0.1) is 0 Å². The summed E-state index contributed by atoms with van der Waals surface area (Å²) in [6.45, 7) is 8.32. The highest BCUT2D eigenvalue weighted by Gasteiger charge is 2.28. The number of ether oxygens (including phenoxy) is 1. The van der Waals surface area contributed by atoms with Crippen molar-refractivity contribution < 1.29 is 4.74 Å². The van der Waals surface area contributed by atoms with Crippen LogP contribution in [-0.4, -0.2) is 43.8 Å². The Bertz CT molecular complexity index is 338. The van der Waals surface area contributed by atoms with Gasteiger partial charge in [0.15, 0.2) is 0 Å². The molecule has 114 valence electrons. The molecule has 0 atom stereocenters. The van der Waals surface area contributed by atoms with Crippen LogP contribution < -0.4 is 5.32 Å². The van der Waals surface area contributed by atoms with E-state index in [1.807, 2.05) is 0 Å². The normalized spacial score (nSPS) is 15.1. The van der Waals surface area contributed by atoms with E-state index in [4.69, 9.17) is 4.74 Å².